The third-order valence-corrected chi connectivity index (χ3v) is 3.24. The van der Waals surface area contributed by atoms with Gasteiger partial charge >= 0.3 is 11.8 Å². The Kier molecular flexibility index (Phi) is 2.70. The Hall–Kier alpha value is -2.77. The molecule has 0 spiro atoms. The lowest BCUT2D eigenvalue weighted by molar-refractivity contribution is -0.389. The van der Waals surface area contributed by atoms with Gasteiger partial charge in [-0.15, -0.1) is 4.68 Å². The number of rotatable bonds is 3. The fourth-order valence-corrected chi connectivity index (χ4v) is 2.32. The number of aryl methyl sites for hydroxylation is 2. The Labute approximate surface area is 112 Å². The van der Waals surface area contributed by atoms with Crippen LogP contribution in [0.25, 0.3) is 5.82 Å². The summed E-state index contributed by atoms with van der Waals surface area (Å²) in [6.45, 7) is 0. The van der Waals surface area contributed by atoms with Crippen molar-refractivity contribution in [3.63, 3.8) is 0 Å². The second kappa shape index (κ2) is 4.41. The molecule has 8 nitrogen and oxygen atoms in total. The normalized spacial score (nSPS) is 13.2. The van der Waals surface area contributed by atoms with E-state index in [4.69, 9.17) is 0 Å². The molecule has 1 aliphatic rings. The van der Waals surface area contributed by atoms with Crippen LogP contribution in [0.1, 0.15) is 28.0 Å². The van der Waals surface area contributed by atoms with Crippen molar-refractivity contribution >= 4 is 11.8 Å². The maximum atomic E-state index is 11.3. The number of hydrogen-bond acceptors (Lipinski definition) is 5. The van der Waals surface area contributed by atoms with E-state index in [0.29, 0.717) is 0 Å². The third kappa shape index (κ3) is 1.91. The predicted molar refractivity (Wildman–Crippen MR) is 67.0 cm³/mol. The molecule has 3 rings (SSSR count). The molecule has 0 fully saturated rings. The first-order valence-corrected chi connectivity index (χ1v) is 6.03. The topological polar surface area (TPSA) is 111 Å². The van der Waals surface area contributed by atoms with Crippen LogP contribution < -0.4 is 0 Å². The zero-order valence-corrected chi connectivity index (χ0v) is 10.3. The van der Waals surface area contributed by atoms with Crippen molar-refractivity contribution in [1.82, 2.24) is 14.8 Å². The Morgan fingerprint density at radius 3 is 2.90 bits per heavy atom. The average molecular weight is 274 g/mol. The van der Waals surface area contributed by atoms with Gasteiger partial charge in [-0.25, -0.2) is 9.78 Å². The van der Waals surface area contributed by atoms with E-state index in [9.17, 15) is 20.0 Å². The summed E-state index contributed by atoms with van der Waals surface area (Å²) >= 11 is 0. The molecule has 102 valence electrons. The van der Waals surface area contributed by atoms with E-state index in [1.807, 2.05) is 0 Å². The summed E-state index contributed by atoms with van der Waals surface area (Å²) in [6, 6.07) is 2.79. The minimum absolute atomic E-state index is 0.00338. The number of carboxylic acids is 1. The first kappa shape index (κ1) is 12.3. The maximum Gasteiger partial charge on any atom is 0.390 e. The molecule has 0 atom stereocenters. The van der Waals surface area contributed by atoms with E-state index in [0.717, 1.165) is 35.2 Å². The Morgan fingerprint density at radius 1 is 1.45 bits per heavy atom. The van der Waals surface area contributed by atoms with Gasteiger partial charge in [0.2, 0.25) is 0 Å². The molecule has 1 N–H and O–H groups in total. The summed E-state index contributed by atoms with van der Waals surface area (Å²) in [7, 11) is 0. The van der Waals surface area contributed by atoms with Crippen LogP contribution in [0.2, 0.25) is 0 Å². The van der Waals surface area contributed by atoms with Crippen molar-refractivity contribution in [2.75, 3.05) is 0 Å². The fourth-order valence-electron chi connectivity index (χ4n) is 2.32. The Bertz CT molecular complexity index is 722. The molecule has 0 saturated heterocycles. The number of nitro groups is 1. The van der Waals surface area contributed by atoms with Crippen molar-refractivity contribution in [1.29, 1.82) is 0 Å². The van der Waals surface area contributed by atoms with E-state index in [-0.39, 0.29) is 17.2 Å². The number of aromatic carboxylic acids is 1. The van der Waals surface area contributed by atoms with Crippen LogP contribution in [0.3, 0.4) is 0 Å². The number of fused-ring (bicyclic) bond motifs is 1. The SMILES string of the molecule is O=C(O)c1cc2c(nc1-n1ccc([N+](=O)[O-])n1)CCC2. The van der Waals surface area contributed by atoms with Gasteiger partial charge in [-0.3, -0.25) is 0 Å². The predicted octanol–water partition coefficient (Wildman–Crippen LogP) is 1.36. The second-order valence-electron chi connectivity index (χ2n) is 4.50. The first-order valence-electron chi connectivity index (χ1n) is 6.03. The number of pyridine rings is 1. The quantitative estimate of drug-likeness (QED) is 0.668. The summed E-state index contributed by atoms with van der Waals surface area (Å²) in [5.41, 5.74) is 1.76. The Balaban J connectivity index is 2.16. The van der Waals surface area contributed by atoms with Crippen LogP contribution in [-0.2, 0) is 12.8 Å². The minimum atomic E-state index is -1.12. The van der Waals surface area contributed by atoms with Crippen LogP contribution in [0, 0.1) is 10.1 Å². The van der Waals surface area contributed by atoms with Crippen LogP contribution in [0.4, 0.5) is 5.82 Å². The highest BCUT2D eigenvalue weighted by Crippen LogP contribution is 2.25. The first-order chi connectivity index (χ1) is 9.56. The molecular formula is C12H10N4O4. The smallest absolute Gasteiger partial charge is 0.390 e. The molecule has 2 aromatic heterocycles. The molecule has 8 heteroatoms. The van der Waals surface area contributed by atoms with E-state index in [1.54, 1.807) is 6.07 Å². The number of carbonyl (C=O) groups is 1. The van der Waals surface area contributed by atoms with E-state index in [2.05, 4.69) is 10.1 Å². The van der Waals surface area contributed by atoms with E-state index in [1.165, 1.54) is 12.3 Å². The van der Waals surface area contributed by atoms with Crippen molar-refractivity contribution in [2.24, 2.45) is 0 Å². The zero-order valence-electron chi connectivity index (χ0n) is 10.3. The average Bonchev–Trinajstić information content (AvgIpc) is 3.05. The molecule has 0 aromatic carbocycles. The summed E-state index contributed by atoms with van der Waals surface area (Å²) in [6.07, 6.45) is 3.87. The zero-order chi connectivity index (χ0) is 14.3. The molecule has 0 amide bonds. The van der Waals surface area contributed by atoms with Crippen molar-refractivity contribution in [3.05, 3.63) is 45.3 Å². The highest BCUT2D eigenvalue weighted by Gasteiger charge is 2.23. The van der Waals surface area contributed by atoms with Crippen molar-refractivity contribution in [3.8, 4) is 5.82 Å². The molecule has 1 aliphatic carbocycles. The maximum absolute atomic E-state index is 11.3. The van der Waals surface area contributed by atoms with Crippen LogP contribution in [0.5, 0.6) is 0 Å². The lowest BCUT2D eigenvalue weighted by Crippen LogP contribution is -2.11. The standard InChI is InChI=1S/C12H10N4O4/c17-12(18)8-6-7-2-1-3-9(7)13-11(8)15-5-4-10(14-15)16(19)20/h4-6H,1-3H2,(H,17,18). The van der Waals surface area contributed by atoms with Gasteiger partial charge in [-0.1, -0.05) is 0 Å². The number of nitrogens with zero attached hydrogens (tertiary/aromatic N) is 4. The summed E-state index contributed by atoms with van der Waals surface area (Å²) < 4.78 is 1.14. The van der Waals surface area contributed by atoms with Crippen LogP contribution >= 0.6 is 0 Å². The molecule has 0 aliphatic heterocycles. The van der Waals surface area contributed by atoms with Gasteiger partial charge in [-0.2, -0.15) is 0 Å². The van der Waals surface area contributed by atoms with Gasteiger partial charge in [0.05, 0.1) is 17.4 Å². The molecule has 2 aromatic rings. The van der Waals surface area contributed by atoms with Gasteiger partial charge < -0.3 is 15.2 Å². The lowest BCUT2D eigenvalue weighted by atomic mass is 10.1. The fraction of sp³-hybridized carbons (Fsp3) is 0.250. The number of aromatic nitrogens is 3. The second-order valence-corrected chi connectivity index (χ2v) is 4.50. The number of carboxylic acid groups (broad SMARTS) is 1. The van der Waals surface area contributed by atoms with Crippen LogP contribution in [0.15, 0.2) is 18.3 Å². The molecular weight excluding hydrogens is 264 g/mol. The monoisotopic (exact) mass is 274 g/mol. The van der Waals surface area contributed by atoms with Crippen molar-refractivity contribution in [2.45, 2.75) is 19.3 Å². The van der Waals surface area contributed by atoms with E-state index < -0.39 is 10.9 Å². The van der Waals surface area contributed by atoms with Crippen molar-refractivity contribution < 1.29 is 14.8 Å². The van der Waals surface area contributed by atoms with Gasteiger partial charge in [0.1, 0.15) is 5.56 Å². The largest absolute Gasteiger partial charge is 0.478 e. The molecule has 0 unspecified atom stereocenters. The van der Waals surface area contributed by atoms with E-state index >= 15 is 0 Å². The van der Waals surface area contributed by atoms with Gasteiger partial charge in [0, 0.05) is 5.69 Å². The van der Waals surface area contributed by atoms with Crippen LogP contribution in [-0.4, -0.2) is 30.8 Å². The molecule has 2 heterocycles. The molecule has 20 heavy (non-hydrogen) atoms. The highest BCUT2D eigenvalue weighted by molar-refractivity contribution is 5.91. The third-order valence-electron chi connectivity index (χ3n) is 3.24. The summed E-state index contributed by atoms with van der Waals surface area (Å²) in [5.74, 6) is -1.35. The lowest BCUT2D eigenvalue weighted by Gasteiger charge is -2.06. The van der Waals surface area contributed by atoms with Gasteiger partial charge in [-0.05, 0) is 35.8 Å². The highest BCUT2D eigenvalue weighted by atomic mass is 16.6. The van der Waals surface area contributed by atoms with Gasteiger partial charge in [0.15, 0.2) is 5.82 Å². The number of hydrogen-bond donors (Lipinski definition) is 1. The Morgan fingerprint density at radius 2 is 2.25 bits per heavy atom. The summed E-state index contributed by atoms with van der Waals surface area (Å²) in [5, 5.41) is 23.6. The molecule has 0 radical (unpaired) electrons. The van der Waals surface area contributed by atoms with Gasteiger partial charge in [0.25, 0.3) is 0 Å². The summed E-state index contributed by atoms with van der Waals surface area (Å²) in [4.78, 5) is 25.6. The molecule has 0 saturated carbocycles. The molecule has 0 bridgehead atoms. The minimum Gasteiger partial charge on any atom is -0.478 e.